The van der Waals surface area contributed by atoms with Crippen LogP contribution >= 0.6 is 34.2 Å². The van der Waals surface area contributed by atoms with Gasteiger partial charge >= 0.3 is 6.18 Å². The Labute approximate surface area is 89.6 Å². The fourth-order valence-corrected chi connectivity index (χ4v) is 1.35. The van der Waals surface area contributed by atoms with Crippen molar-refractivity contribution in [1.82, 2.24) is 9.97 Å². The van der Waals surface area contributed by atoms with Crippen molar-refractivity contribution in [2.45, 2.75) is 6.18 Å². The highest BCUT2D eigenvalue weighted by Crippen LogP contribution is 2.33. The first-order valence-electron chi connectivity index (χ1n) is 2.88. The third-order valence-corrected chi connectivity index (χ3v) is 2.71. The molecule has 1 aromatic rings. The number of alkyl halides is 3. The normalized spacial score (nSPS) is 11.8. The Morgan fingerprint density at radius 3 is 2.31 bits per heavy atom. The number of anilines is 1. The van der Waals surface area contributed by atoms with E-state index in [1.807, 2.05) is 0 Å². The minimum atomic E-state index is -4.56. The van der Waals surface area contributed by atoms with E-state index in [1.165, 1.54) is 22.6 Å². The van der Waals surface area contributed by atoms with Crippen LogP contribution in [-0.2, 0) is 6.18 Å². The minimum Gasteiger partial charge on any atom is -0.368 e. The first kappa shape index (κ1) is 10.8. The molecule has 0 radical (unpaired) electrons. The standard InChI is InChI=1S/C5H2ClF3IN3/c6-3-1(10)2(5(7,8)9)12-4(11)13-3/h(H2,11,12,13). The molecular formula is C5H2ClF3IN3. The fraction of sp³-hybridized carbons (Fsp3) is 0.200. The van der Waals surface area contributed by atoms with E-state index in [4.69, 9.17) is 17.3 Å². The lowest BCUT2D eigenvalue weighted by molar-refractivity contribution is -0.141. The molecule has 0 aromatic carbocycles. The van der Waals surface area contributed by atoms with Gasteiger partial charge in [0.2, 0.25) is 5.95 Å². The van der Waals surface area contributed by atoms with Crippen LogP contribution in [0.25, 0.3) is 0 Å². The third-order valence-electron chi connectivity index (χ3n) is 1.10. The number of nitrogen functional groups attached to an aromatic ring is 1. The van der Waals surface area contributed by atoms with Crippen molar-refractivity contribution in [3.05, 3.63) is 14.4 Å². The Bertz CT molecular complexity index is 341. The summed E-state index contributed by atoms with van der Waals surface area (Å²) >= 11 is 6.80. The van der Waals surface area contributed by atoms with Crippen LogP contribution in [0.1, 0.15) is 5.69 Å². The molecular weight excluding hydrogens is 321 g/mol. The number of hydrogen-bond acceptors (Lipinski definition) is 3. The van der Waals surface area contributed by atoms with E-state index in [0.29, 0.717) is 0 Å². The number of nitrogens with zero attached hydrogens (tertiary/aromatic N) is 2. The summed E-state index contributed by atoms with van der Waals surface area (Å²) in [7, 11) is 0. The highest BCUT2D eigenvalue weighted by atomic mass is 127. The Balaban J connectivity index is 3.37. The van der Waals surface area contributed by atoms with Gasteiger partial charge in [-0.2, -0.15) is 13.2 Å². The van der Waals surface area contributed by atoms with Crippen LogP contribution in [0.5, 0.6) is 0 Å². The zero-order valence-corrected chi connectivity index (χ0v) is 8.78. The molecule has 0 aliphatic heterocycles. The molecule has 0 atom stereocenters. The molecule has 0 bridgehead atoms. The van der Waals surface area contributed by atoms with Gasteiger partial charge in [-0.3, -0.25) is 0 Å². The van der Waals surface area contributed by atoms with Crippen molar-refractivity contribution < 1.29 is 13.2 Å². The smallest absolute Gasteiger partial charge is 0.368 e. The van der Waals surface area contributed by atoms with Gasteiger partial charge in [0.05, 0.1) is 3.57 Å². The van der Waals surface area contributed by atoms with E-state index < -0.39 is 17.8 Å². The summed E-state index contributed by atoms with van der Waals surface area (Å²) in [5.41, 5.74) is 3.91. The molecule has 1 aromatic heterocycles. The third kappa shape index (κ3) is 2.33. The SMILES string of the molecule is Nc1nc(Cl)c(I)c(C(F)(F)F)n1. The topological polar surface area (TPSA) is 51.8 Å². The lowest BCUT2D eigenvalue weighted by Crippen LogP contribution is -2.13. The van der Waals surface area contributed by atoms with Crippen LogP contribution in [0.15, 0.2) is 0 Å². The molecule has 0 unspecified atom stereocenters. The van der Waals surface area contributed by atoms with Gasteiger partial charge in [-0.05, 0) is 22.6 Å². The molecule has 2 N–H and O–H groups in total. The van der Waals surface area contributed by atoms with E-state index in [-0.39, 0.29) is 8.72 Å². The average Bonchev–Trinajstić information content (AvgIpc) is 1.94. The van der Waals surface area contributed by atoms with Crippen LogP contribution in [0, 0.1) is 3.57 Å². The molecule has 0 saturated carbocycles. The second-order valence-electron chi connectivity index (χ2n) is 2.03. The Hall–Kier alpha value is -0.310. The van der Waals surface area contributed by atoms with Gasteiger partial charge in [-0.25, -0.2) is 9.97 Å². The van der Waals surface area contributed by atoms with E-state index >= 15 is 0 Å². The summed E-state index contributed by atoms with van der Waals surface area (Å²) in [5, 5.41) is -0.291. The van der Waals surface area contributed by atoms with Gasteiger partial charge in [0.25, 0.3) is 0 Å². The van der Waals surface area contributed by atoms with Gasteiger partial charge in [-0.1, -0.05) is 11.6 Å². The van der Waals surface area contributed by atoms with Gasteiger partial charge in [0, 0.05) is 0 Å². The Morgan fingerprint density at radius 2 is 1.85 bits per heavy atom. The predicted molar refractivity (Wildman–Crippen MR) is 49.2 cm³/mol. The summed E-state index contributed by atoms with van der Waals surface area (Å²) in [6, 6.07) is 0. The minimum absolute atomic E-state index is 0.249. The Kier molecular flexibility index (Phi) is 2.85. The molecule has 3 nitrogen and oxygen atoms in total. The van der Waals surface area contributed by atoms with Gasteiger partial charge in [-0.15, -0.1) is 0 Å². The number of nitrogens with two attached hydrogens (primary N) is 1. The molecule has 0 amide bonds. The Morgan fingerprint density at radius 1 is 1.31 bits per heavy atom. The molecule has 0 aliphatic rings. The fourth-order valence-electron chi connectivity index (χ4n) is 0.624. The first-order valence-corrected chi connectivity index (χ1v) is 4.33. The van der Waals surface area contributed by atoms with E-state index in [0.717, 1.165) is 0 Å². The second-order valence-corrected chi connectivity index (χ2v) is 3.47. The second kappa shape index (κ2) is 3.45. The van der Waals surface area contributed by atoms with E-state index in [1.54, 1.807) is 0 Å². The summed E-state index contributed by atoms with van der Waals surface area (Å²) < 4.78 is 36.3. The maximum atomic E-state index is 12.2. The van der Waals surface area contributed by atoms with Crippen molar-refractivity contribution in [2.75, 3.05) is 5.73 Å². The monoisotopic (exact) mass is 323 g/mol. The van der Waals surface area contributed by atoms with Gasteiger partial charge < -0.3 is 5.73 Å². The highest BCUT2D eigenvalue weighted by Gasteiger charge is 2.36. The largest absolute Gasteiger partial charge is 0.434 e. The summed E-state index contributed by atoms with van der Waals surface area (Å²) in [6.45, 7) is 0. The molecule has 8 heteroatoms. The highest BCUT2D eigenvalue weighted by molar-refractivity contribution is 14.1. The average molecular weight is 323 g/mol. The quantitative estimate of drug-likeness (QED) is 0.589. The molecule has 72 valence electrons. The number of aromatic nitrogens is 2. The van der Waals surface area contributed by atoms with Crippen molar-refractivity contribution in [3.8, 4) is 0 Å². The van der Waals surface area contributed by atoms with Crippen LogP contribution in [0.4, 0.5) is 19.1 Å². The van der Waals surface area contributed by atoms with Crippen molar-refractivity contribution in [2.24, 2.45) is 0 Å². The molecule has 0 spiro atoms. The zero-order chi connectivity index (χ0) is 10.2. The molecule has 0 aliphatic carbocycles. The molecule has 0 saturated heterocycles. The van der Waals surface area contributed by atoms with Crippen LogP contribution in [0.3, 0.4) is 0 Å². The zero-order valence-electron chi connectivity index (χ0n) is 5.86. The van der Waals surface area contributed by atoms with Gasteiger partial charge in [0.1, 0.15) is 5.15 Å². The molecule has 1 heterocycles. The maximum absolute atomic E-state index is 12.2. The van der Waals surface area contributed by atoms with E-state index in [2.05, 4.69) is 9.97 Å². The lowest BCUT2D eigenvalue weighted by atomic mass is 10.4. The molecule has 1 rings (SSSR count). The van der Waals surface area contributed by atoms with Crippen LogP contribution in [-0.4, -0.2) is 9.97 Å². The summed E-state index contributed by atoms with van der Waals surface area (Å²) in [5.74, 6) is -0.488. The van der Waals surface area contributed by atoms with Crippen molar-refractivity contribution >= 4 is 40.1 Å². The summed E-state index contributed by atoms with van der Waals surface area (Å²) in [4.78, 5) is 6.43. The predicted octanol–water partition coefficient (Wildman–Crippen LogP) is 2.34. The van der Waals surface area contributed by atoms with Crippen LogP contribution < -0.4 is 5.73 Å². The number of halogens is 5. The maximum Gasteiger partial charge on any atom is 0.434 e. The molecule has 13 heavy (non-hydrogen) atoms. The number of rotatable bonds is 0. The first-order chi connectivity index (χ1) is 5.82. The summed E-state index contributed by atoms with van der Waals surface area (Å²) in [6.07, 6.45) is -4.56. The van der Waals surface area contributed by atoms with Crippen molar-refractivity contribution in [1.29, 1.82) is 0 Å². The van der Waals surface area contributed by atoms with Crippen LogP contribution in [0.2, 0.25) is 5.15 Å². The van der Waals surface area contributed by atoms with Gasteiger partial charge in [0.15, 0.2) is 5.69 Å². The van der Waals surface area contributed by atoms with Crippen molar-refractivity contribution in [3.63, 3.8) is 0 Å². The number of hydrogen-bond donors (Lipinski definition) is 1. The van der Waals surface area contributed by atoms with E-state index in [9.17, 15) is 13.2 Å². The molecule has 0 fully saturated rings. The lowest BCUT2D eigenvalue weighted by Gasteiger charge is -2.08.